The van der Waals surface area contributed by atoms with Crippen molar-refractivity contribution in [1.82, 2.24) is 24.9 Å². The van der Waals surface area contributed by atoms with Crippen LogP contribution in [0.1, 0.15) is 35.2 Å². The zero-order chi connectivity index (χ0) is 23.6. The molecule has 0 saturated carbocycles. The van der Waals surface area contributed by atoms with Crippen LogP contribution in [-0.2, 0) is 18.4 Å². The molecule has 2 fully saturated rings. The van der Waals surface area contributed by atoms with Crippen LogP contribution in [0.5, 0.6) is 0 Å². The van der Waals surface area contributed by atoms with Crippen molar-refractivity contribution in [3.8, 4) is 0 Å². The summed E-state index contributed by atoms with van der Waals surface area (Å²) in [4.78, 5) is 28.6. The van der Waals surface area contributed by atoms with Crippen LogP contribution < -0.4 is 5.32 Å². The quantitative estimate of drug-likeness (QED) is 0.740. The summed E-state index contributed by atoms with van der Waals surface area (Å²) in [7, 11) is 1.71. The third-order valence-corrected chi connectivity index (χ3v) is 6.63. The Balaban J connectivity index is 1.37. The van der Waals surface area contributed by atoms with E-state index in [0.717, 1.165) is 5.56 Å². The number of nitrogens with one attached hydrogen (secondary N) is 1. The molecule has 0 spiro atoms. The maximum atomic E-state index is 14.2. The Morgan fingerprint density at radius 3 is 2.45 bits per heavy atom. The van der Waals surface area contributed by atoms with Crippen LogP contribution in [0.4, 0.5) is 13.2 Å². The smallest absolute Gasteiger partial charge is 0.349 e. The molecule has 33 heavy (non-hydrogen) atoms. The molecule has 2 saturated heterocycles. The lowest BCUT2D eigenvalue weighted by molar-refractivity contribution is -0.224. The molecule has 4 rings (SSSR count). The molecule has 1 atom stereocenters. The van der Waals surface area contributed by atoms with Gasteiger partial charge in [0.25, 0.3) is 5.91 Å². The van der Waals surface area contributed by atoms with Gasteiger partial charge in [-0.15, -0.1) is 0 Å². The highest BCUT2D eigenvalue weighted by molar-refractivity contribution is 5.93. The molecule has 1 aromatic heterocycles. The van der Waals surface area contributed by atoms with Crippen molar-refractivity contribution in [2.45, 2.75) is 38.0 Å². The molecule has 10 heteroatoms. The van der Waals surface area contributed by atoms with Gasteiger partial charge in [0.05, 0.1) is 11.8 Å². The van der Waals surface area contributed by atoms with Gasteiger partial charge < -0.3 is 10.2 Å². The number of aryl methyl sites for hydroxylation is 1. The molecule has 1 aromatic carbocycles. The predicted octanol–water partition coefficient (Wildman–Crippen LogP) is 2.60. The van der Waals surface area contributed by atoms with Crippen LogP contribution in [0, 0.1) is 5.41 Å². The van der Waals surface area contributed by atoms with Crippen molar-refractivity contribution in [2.75, 3.05) is 26.2 Å². The number of halogens is 3. The zero-order valence-electron chi connectivity index (χ0n) is 18.5. The first-order chi connectivity index (χ1) is 15.7. The van der Waals surface area contributed by atoms with E-state index >= 15 is 0 Å². The van der Waals surface area contributed by atoms with Crippen LogP contribution in [0.15, 0.2) is 42.7 Å². The fourth-order valence-electron chi connectivity index (χ4n) is 4.73. The van der Waals surface area contributed by atoms with Gasteiger partial charge in [-0.3, -0.25) is 19.2 Å². The molecule has 1 unspecified atom stereocenters. The summed E-state index contributed by atoms with van der Waals surface area (Å²) in [5.74, 6) is -1.12. The predicted molar refractivity (Wildman–Crippen MR) is 115 cm³/mol. The Morgan fingerprint density at radius 1 is 1.15 bits per heavy atom. The molecule has 1 N–H and O–H groups in total. The maximum Gasteiger partial charge on any atom is 0.404 e. The summed E-state index contributed by atoms with van der Waals surface area (Å²) in [5, 5.41) is 6.86. The Morgan fingerprint density at radius 2 is 1.85 bits per heavy atom. The Bertz CT molecular complexity index is 985. The molecule has 7 nitrogen and oxygen atoms in total. The number of carbonyl (C=O) groups is 2. The number of aromatic nitrogens is 2. The molecule has 0 aliphatic carbocycles. The van der Waals surface area contributed by atoms with E-state index in [-0.39, 0.29) is 44.5 Å². The number of likely N-dealkylation sites (tertiary alicyclic amines) is 2. The summed E-state index contributed by atoms with van der Waals surface area (Å²) in [6, 6.07) is 9.12. The number of rotatable bonds is 5. The first-order valence-corrected chi connectivity index (χ1v) is 11.1. The number of benzene rings is 1. The first kappa shape index (κ1) is 23.3. The van der Waals surface area contributed by atoms with E-state index in [0.29, 0.717) is 24.9 Å². The summed E-state index contributed by atoms with van der Waals surface area (Å²) in [6.07, 6.45) is -0.968. The van der Waals surface area contributed by atoms with Crippen molar-refractivity contribution < 1.29 is 22.8 Å². The number of nitrogens with zero attached hydrogens (tertiary/aromatic N) is 4. The monoisotopic (exact) mass is 463 g/mol. The van der Waals surface area contributed by atoms with Crippen LogP contribution >= 0.6 is 0 Å². The fraction of sp³-hybridized carbons (Fsp3) is 0.522. The highest BCUT2D eigenvalue weighted by atomic mass is 19.4. The average Bonchev–Trinajstić information content (AvgIpc) is 3.41. The van der Waals surface area contributed by atoms with E-state index in [9.17, 15) is 22.8 Å². The number of piperidine rings is 1. The lowest BCUT2D eigenvalue weighted by Gasteiger charge is -2.39. The molecular weight excluding hydrogens is 435 g/mol. The number of alkyl halides is 3. The van der Waals surface area contributed by atoms with Gasteiger partial charge in [0.15, 0.2) is 5.41 Å². The lowest BCUT2D eigenvalue weighted by Crippen LogP contribution is -2.56. The summed E-state index contributed by atoms with van der Waals surface area (Å²) in [5.41, 5.74) is -1.03. The van der Waals surface area contributed by atoms with Gasteiger partial charge in [-0.1, -0.05) is 30.3 Å². The van der Waals surface area contributed by atoms with Crippen LogP contribution in [0.3, 0.4) is 0 Å². The summed E-state index contributed by atoms with van der Waals surface area (Å²) < 4.78 is 44.2. The highest BCUT2D eigenvalue weighted by Crippen LogP contribution is 2.47. The van der Waals surface area contributed by atoms with E-state index in [4.69, 9.17) is 0 Å². The molecule has 3 heterocycles. The Labute approximate surface area is 190 Å². The molecule has 0 radical (unpaired) electrons. The number of amides is 2. The molecule has 2 amide bonds. The SMILES string of the molecule is Cn1cc(C(=O)NC2CCN(C(=O)C3(C(F)(F)F)CCN(Cc4ccccc4)C3)CC2)cn1. The van der Waals surface area contributed by atoms with E-state index in [1.807, 2.05) is 30.3 Å². The largest absolute Gasteiger partial charge is 0.404 e. The van der Waals surface area contributed by atoms with Crippen LogP contribution in [0.25, 0.3) is 0 Å². The van der Waals surface area contributed by atoms with Crippen molar-refractivity contribution in [3.05, 3.63) is 53.9 Å². The third-order valence-electron chi connectivity index (χ3n) is 6.63. The zero-order valence-corrected chi connectivity index (χ0v) is 18.5. The lowest BCUT2D eigenvalue weighted by atomic mass is 9.83. The minimum absolute atomic E-state index is 0.188. The van der Waals surface area contributed by atoms with E-state index in [1.54, 1.807) is 18.1 Å². The number of carbonyl (C=O) groups excluding carboxylic acids is 2. The first-order valence-electron chi connectivity index (χ1n) is 11.1. The summed E-state index contributed by atoms with van der Waals surface area (Å²) >= 11 is 0. The molecule has 0 bridgehead atoms. The van der Waals surface area contributed by atoms with Crippen molar-refractivity contribution in [2.24, 2.45) is 12.5 Å². The van der Waals surface area contributed by atoms with Gasteiger partial charge in [-0.05, 0) is 31.4 Å². The normalized spacial score (nSPS) is 22.5. The molecule has 2 aliphatic rings. The minimum atomic E-state index is -4.62. The van der Waals surface area contributed by atoms with Crippen LogP contribution in [-0.4, -0.2) is 69.8 Å². The van der Waals surface area contributed by atoms with Crippen LogP contribution in [0.2, 0.25) is 0 Å². The average molecular weight is 464 g/mol. The van der Waals surface area contributed by atoms with Gasteiger partial charge in [-0.2, -0.15) is 18.3 Å². The highest BCUT2D eigenvalue weighted by Gasteiger charge is 2.64. The molecule has 178 valence electrons. The minimum Gasteiger partial charge on any atom is -0.349 e. The van der Waals surface area contributed by atoms with E-state index in [2.05, 4.69) is 10.4 Å². The molecule has 2 aliphatic heterocycles. The van der Waals surface area contributed by atoms with Gasteiger partial charge in [-0.25, -0.2) is 0 Å². The van der Waals surface area contributed by atoms with Crippen molar-refractivity contribution in [3.63, 3.8) is 0 Å². The number of hydrogen-bond donors (Lipinski definition) is 1. The van der Waals surface area contributed by atoms with Crippen molar-refractivity contribution in [1.29, 1.82) is 0 Å². The van der Waals surface area contributed by atoms with Crippen molar-refractivity contribution >= 4 is 11.8 Å². The summed E-state index contributed by atoms with van der Waals surface area (Å²) in [6.45, 7) is 0.648. The third kappa shape index (κ3) is 4.90. The van der Waals surface area contributed by atoms with Gasteiger partial charge in [0.2, 0.25) is 5.91 Å². The molecular formula is C23H28F3N5O2. The maximum absolute atomic E-state index is 14.2. The second-order valence-corrected chi connectivity index (χ2v) is 8.97. The fourth-order valence-corrected chi connectivity index (χ4v) is 4.73. The number of hydrogen-bond acceptors (Lipinski definition) is 4. The van der Waals surface area contributed by atoms with E-state index < -0.39 is 17.5 Å². The Hall–Kier alpha value is -2.88. The van der Waals surface area contributed by atoms with Gasteiger partial charge in [0.1, 0.15) is 0 Å². The van der Waals surface area contributed by atoms with Gasteiger partial charge in [0, 0.05) is 45.5 Å². The van der Waals surface area contributed by atoms with E-state index in [1.165, 1.54) is 15.8 Å². The van der Waals surface area contributed by atoms with Gasteiger partial charge >= 0.3 is 6.18 Å². The second kappa shape index (κ2) is 9.17. The topological polar surface area (TPSA) is 70.5 Å². The molecule has 2 aromatic rings. The second-order valence-electron chi connectivity index (χ2n) is 8.97. The Kier molecular flexibility index (Phi) is 6.47. The standard InChI is InChI=1S/C23H28F3N5O2/c1-29-15-18(13-27-29)20(32)28-19-7-10-31(11-8-19)21(33)22(23(24,25)26)9-12-30(16-22)14-17-5-3-2-4-6-17/h2-6,13,15,19H,7-12,14,16H2,1H3,(H,28,32).